The van der Waals surface area contributed by atoms with E-state index in [1.807, 2.05) is 65.1 Å². The Morgan fingerprint density at radius 1 is 0.448 bits per heavy atom. The van der Waals surface area contributed by atoms with E-state index in [0.29, 0.717) is 11.0 Å². The van der Waals surface area contributed by atoms with Crippen LogP contribution in [0.2, 0.25) is 0 Å². The molecule has 0 amide bonds. The van der Waals surface area contributed by atoms with E-state index >= 15 is 0 Å². The third-order valence-corrected chi connectivity index (χ3v) is 15.5. The fourth-order valence-electron chi connectivity index (χ4n) is 7.74. The van der Waals surface area contributed by atoms with Crippen molar-refractivity contribution in [1.82, 2.24) is 0 Å². The van der Waals surface area contributed by atoms with Gasteiger partial charge in [-0.05, 0) is 102 Å². The molecule has 0 aliphatic heterocycles. The van der Waals surface area contributed by atoms with Gasteiger partial charge in [0.25, 0.3) is 0 Å². The normalized spacial score (nSPS) is 11.5. The Labute approximate surface area is 370 Å². The van der Waals surface area contributed by atoms with E-state index in [9.17, 15) is 10.0 Å². The first-order valence-electron chi connectivity index (χ1n) is 18.4. The molecule has 12 rings (SSSR count). The monoisotopic (exact) mass is 1030 g/mol. The van der Waals surface area contributed by atoms with Crippen LogP contribution >= 0.6 is 77.1 Å². The van der Waals surface area contributed by atoms with Crippen LogP contribution in [0, 0.1) is 3.57 Å². The average Bonchev–Trinajstić information content (AvgIpc) is 4.02. The first-order chi connectivity index (χ1) is 28.4. The molecule has 0 spiro atoms. The summed E-state index contributed by atoms with van der Waals surface area (Å²) in [5, 5.41) is 28.0. The van der Waals surface area contributed by atoms with Gasteiger partial charge >= 0.3 is 7.12 Å². The van der Waals surface area contributed by atoms with Crippen molar-refractivity contribution in [3.05, 3.63) is 170 Å². The van der Waals surface area contributed by atoms with E-state index in [-0.39, 0.29) is 0 Å². The molecule has 0 fully saturated rings. The molecule has 12 aromatic rings. The van der Waals surface area contributed by atoms with Gasteiger partial charge in [0.05, 0.1) is 0 Å². The van der Waals surface area contributed by atoms with Gasteiger partial charge in [-0.25, -0.2) is 0 Å². The van der Waals surface area contributed by atoms with Crippen LogP contribution in [0.3, 0.4) is 0 Å². The lowest BCUT2D eigenvalue weighted by atomic mass is 9.79. The molecule has 4 heterocycles. The number of fused-ring (bicyclic) bond motifs is 12. The lowest BCUT2D eigenvalue weighted by Gasteiger charge is -2.06. The molecule has 58 heavy (non-hydrogen) atoms. The Hall–Kier alpha value is -4.53. The zero-order valence-corrected chi connectivity index (χ0v) is 37.2. The summed E-state index contributed by atoms with van der Waals surface area (Å²) in [4.78, 5) is 0. The summed E-state index contributed by atoms with van der Waals surface area (Å²) in [6, 6.07) is 53.5. The summed E-state index contributed by atoms with van der Waals surface area (Å²) in [6.45, 7) is 0. The number of hydrogen-bond donors (Lipinski definition) is 2. The first kappa shape index (κ1) is 37.7. The number of para-hydroxylation sites is 4. The maximum absolute atomic E-state index is 9.24. The summed E-state index contributed by atoms with van der Waals surface area (Å²) in [5.74, 6) is 0. The fraction of sp³-hybridized carbons (Fsp3) is 0. The van der Waals surface area contributed by atoms with Gasteiger partial charge in [-0.15, -0.1) is 22.7 Å². The molecule has 4 nitrogen and oxygen atoms in total. The molecular formula is C48H28BBr2IO4S2. The van der Waals surface area contributed by atoms with Crippen LogP contribution in [0.15, 0.2) is 176 Å². The summed E-state index contributed by atoms with van der Waals surface area (Å²) < 4.78 is 20.9. The van der Waals surface area contributed by atoms with Crippen molar-refractivity contribution in [2.75, 3.05) is 0 Å². The van der Waals surface area contributed by atoms with E-state index < -0.39 is 7.12 Å². The van der Waals surface area contributed by atoms with Crippen LogP contribution in [0.1, 0.15) is 0 Å². The van der Waals surface area contributed by atoms with Gasteiger partial charge in [-0.3, -0.25) is 0 Å². The highest BCUT2D eigenvalue weighted by Gasteiger charge is 2.19. The molecule has 4 aromatic heterocycles. The maximum atomic E-state index is 9.24. The number of rotatable bonds is 2. The van der Waals surface area contributed by atoms with Gasteiger partial charge in [-0.2, -0.15) is 0 Å². The van der Waals surface area contributed by atoms with Crippen molar-refractivity contribution in [3.63, 3.8) is 0 Å². The molecule has 0 bridgehead atoms. The highest BCUT2D eigenvalue weighted by atomic mass is 127. The van der Waals surface area contributed by atoms with Crippen LogP contribution < -0.4 is 5.46 Å². The highest BCUT2D eigenvalue weighted by molar-refractivity contribution is 14.1. The quantitative estimate of drug-likeness (QED) is 0.134. The summed E-state index contributed by atoms with van der Waals surface area (Å²) in [5.41, 5.74) is 5.96. The van der Waals surface area contributed by atoms with E-state index in [4.69, 9.17) is 8.83 Å². The standard InChI is InChI=1S/C24H13BrOS.C12H9BO3.C12H6BrIS/c25-19-11-4-10-18-22-15(7-5-13-21(22)27-24(18)19)17-9-3-8-16-14-6-1-2-12-20(14)26-23(16)17;14-13(15)10-6-3-5-9-8-4-1-2-7-11(8)16-12(9)10;13-8-4-1-3-7-11-9(14)5-2-6-10(11)15-12(7)8/h1-13H;1-7,14-15H;1-6H. The Kier molecular flexibility index (Phi) is 10.1. The minimum absolute atomic E-state index is 0.397. The van der Waals surface area contributed by atoms with E-state index in [1.165, 1.54) is 64.7 Å². The lowest BCUT2D eigenvalue weighted by molar-refractivity contribution is 0.425. The van der Waals surface area contributed by atoms with Gasteiger partial charge in [0.2, 0.25) is 0 Å². The van der Waals surface area contributed by atoms with Crippen LogP contribution in [-0.4, -0.2) is 17.2 Å². The van der Waals surface area contributed by atoms with Crippen LogP contribution in [0.25, 0.3) is 95.3 Å². The minimum Gasteiger partial charge on any atom is -0.456 e. The van der Waals surface area contributed by atoms with E-state index in [1.54, 1.807) is 12.1 Å². The van der Waals surface area contributed by atoms with Crippen LogP contribution in [0.4, 0.5) is 0 Å². The second kappa shape index (κ2) is 15.6. The summed E-state index contributed by atoms with van der Waals surface area (Å²) >= 11 is 13.4. The van der Waals surface area contributed by atoms with Crippen LogP contribution in [-0.2, 0) is 0 Å². The van der Waals surface area contributed by atoms with Gasteiger partial charge in [0.15, 0.2) is 0 Å². The smallest absolute Gasteiger partial charge is 0.456 e. The number of benzene rings is 8. The number of thiophene rings is 2. The molecule has 10 heteroatoms. The number of furan rings is 2. The molecule has 280 valence electrons. The third kappa shape index (κ3) is 6.55. The fourth-order valence-corrected chi connectivity index (χ4v) is 12.2. The summed E-state index contributed by atoms with van der Waals surface area (Å²) in [6.07, 6.45) is 0. The Morgan fingerprint density at radius 2 is 0.914 bits per heavy atom. The third-order valence-electron chi connectivity index (χ3n) is 10.3. The topological polar surface area (TPSA) is 66.7 Å². The molecule has 0 unspecified atom stereocenters. The second-order valence-corrected chi connectivity index (χ2v) is 18.7. The zero-order valence-electron chi connectivity index (χ0n) is 30.2. The largest absolute Gasteiger partial charge is 0.492 e. The van der Waals surface area contributed by atoms with Gasteiger partial charge in [0.1, 0.15) is 22.3 Å². The van der Waals surface area contributed by atoms with Gasteiger partial charge in [0, 0.05) is 85.4 Å². The molecule has 0 aliphatic rings. The molecule has 0 aliphatic carbocycles. The van der Waals surface area contributed by atoms with Crippen LogP contribution in [0.5, 0.6) is 0 Å². The predicted octanol–water partition coefficient (Wildman–Crippen LogP) is 15.1. The van der Waals surface area contributed by atoms with Crippen molar-refractivity contribution in [2.45, 2.75) is 0 Å². The summed E-state index contributed by atoms with van der Waals surface area (Å²) in [7, 11) is -1.51. The Morgan fingerprint density at radius 3 is 1.57 bits per heavy atom. The lowest BCUT2D eigenvalue weighted by Crippen LogP contribution is -2.29. The molecule has 0 saturated heterocycles. The predicted molar refractivity (Wildman–Crippen MR) is 263 cm³/mol. The van der Waals surface area contributed by atoms with Crippen molar-refractivity contribution in [2.24, 2.45) is 0 Å². The van der Waals surface area contributed by atoms with Gasteiger partial charge in [-0.1, -0.05) is 115 Å². The molecule has 0 saturated carbocycles. The SMILES string of the molecule is Brc1cccc2c1sc1cccc(-c3cccc4c3oc3ccccc34)c12.Brc1cccc2c1sc1cccc(I)c12.OB(O)c1cccc2c1oc1ccccc12. The maximum Gasteiger partial charge on any atom is 0.492 e. The first-order valence-corrected chi connectivity index (χ1v) is 22.7. The Balaban J connectivity index is 0.000000113. The van der Waals surface area contributed by atoms with E-state index in [0.717, 1.165) is 37.6 Å². The molecule has 0 radical (unpaired) electrons. The molecular weight excluding hydrogens is 1000 g/mol. The highest BCUT2D eigenvalue weighted by Crippen LogP contribution is 2.45. The van der Waals surface area contributed by atoms with Crippen molar-refractivity contribution < 1.29 is 18.9 Å². The van der Waals surface area contributed by atoms with Crippen molar-refractivity contribution >= 4 is 174 Å². The molecule has 2 N–H and O–H groups in total. The zero-order chi connectivity index (χ0) is 39.5. The molecule has 8 aromatic carbocycles. The van der Waals surface area contributed by atoms with Gasteiger partial charge < -0.3 is 18.9 Å². The Bertz CT molecular complexity index is 3510. The van der Waals surface area contributed by atoms with Crippen molar-refractivity contribution in [3.8, 4) is 11.1 Å². The second-order valence-electron chi connectivity index (χ2n) is 13.7. The molecule has 0 atom stereocenters. The number of halogens is 3. The average molecular weight is 1030 g/mol. The van der Waals surface area contributed by atoms with E-state index in [2.05, 4.69) is 158 Å². The number of hydrogen-bond acceptors (Lipinski definition) is 6. The minimum atomic E-state index is -1.51. The van der Waals surface area contributed by atoms with Crippen molar-refractivity contribution in [1.29, 1.82) is 0 Å².